The van der Waals surface area contributed by atoms with Crippen molar-refractivity contribution in [2.24, 2.45) is 7.05 Å². The average molecular weight is 491 g/mol. The average Bonchev–Trinajstić information content (AvgIpc) is 3.40. The summed E-state index contributed by atoms with van der Waals surface area (Å²) in [5.41, 5.74) is 6.68. The number of hydrogen-bond acceptors (Lipinski definition) is 6. The third-order valence-corrected chi connectivity index (χ3v) is 7.08. The highest BCUT2D eigenvalue weighted by Crippen LogP contribution is 2.33. The molecular formula is C30H30N6O. The molecule has 1 aliphatic rings. The second kappa shape index (κ2) is 10.0. The molecule has 0 atom stereocenters. The minimum absolute atomic E-state index is 0.899. The van der Waals surface area contributed by atoms with Crippen LogP contribution in [-0.4, -0.2) is 57.9 Å². The summed E-state index contributed by atoms with van der Waals surface area (Å²) in [6.07, 6.45) is 7.76. The van der Waals surface area contributed by atoms with Gasteiger partial charge in [-0.25, -0.2) is 4.98 Å². The van der Waals surface area contributed by atoms with Crippen molar-refractivity contribution in [3.05, 3.63) is 91.0 Å². The van der Waals surface area contributed by atoms with Crippen LogP contribution in [0.4, 0.5) is 5.82 Å². The van der Waals surface area contributed by atoms with Gasteiger partial charge in [0, 0.05) is 74.9 Å². The van der Waals surface area contributed by atoms with Crippen LogP contribution in [0.1, 0.15) is 5.56 Å². The van der Waals surface area contributed by atoms with Gasteiger partial charge in [0.15, 0.2) is 0 Å². The smallest absolute Gasteiger partial charge is 0.128 e. The fraction of sp³-hybridized carbons (Fsp3) is 0.233. The van der Waals surface area contributed by atoms with Crippen molar-refractivity contribution in [2.75, 3.05) is 38.2 Å². The van der Waals surface area contributed by atoms with E-state index in [2.05, 4.69) is 62.3 Å². The van der Waals surface area contributed by atoms with E-state index in [1.54, 1.807) is 7.11 Å². The van der Waals surface area contributed by atoms with E-state index in [1.807, 2.05) is 54.7 Å². The Balaban J connectivity index is 1.18. The summed E-state index contributed by atoms with van der Waals surface area (Å²) < 4.78 is 7.10. The maximum absolute atomic E-state index is 5.27. The Morgan fingerprint density at radius 1 is 0.838 bits per heavy atom. The lowest BCUT2D eigenvalue weighted by Crippen LogP contribution is -2.46. The first-order valence-electron chi connectivity index (χ1n) is 12.6. The first kappa shape index (κ1) is 23.2. The summed E-state index contributed by atoms with van der Waals surface area (Å²) >= 11 is 0. The standard InChI is InChI=1S/C30H30N6O/c1-34-21-25(19-33-34)24-16-28(27-4-3-11-31-29(27)17-24)23-7-10-30(32-18-23)36-14-12-35(13-15-36)20-22-5-8-26(37-2)9-6-22/h3-11,16-19,21H,12-15,20H2,1-2H3. The van der Waals surface area contributed by atoms with Gasteiger partial charge in [-0.3, -0.25) is 14.6 Å². The number of hydrogen-bond donors (Lipinski definition) is 0. The van der Waals surface area contributed by atoms with E-state index >= 15 is 0 Å². The summed E-state index contributed by atoms with van der Waals surface area (Å²) in [5.74, 6) is 1.93. The Hall–Kier alpha value is -4.23. The van der Waals surface area contributed by atoms with E-state index < -0.39 is 0 Å². The number of nitrogens with zero attached hydrogens (tertiary/aromatic N) is 6. The first-order valence-corrected chi connectivity index (χ1v) is 12.6. The highest BCUT2D eigenvalue weighted by molar-refractivity contribution is 5.98. The zero-order valence-electron chi connectivity index (χ0n) is 21.2. The van der Waals surface area contributed by atoms with Gasteiger partial charge in [-0.15, -0.1) is 0 Å². The van der Waals surface area contributed by atoms with Crippen LogP contribution in [-0.2, 0) is 13.6 Å². The summed E-state index contributed by atoms with van der Waals surface area (Å²) in [6.45, 7) is 4.91. The molecule has 0 saturated carbocycles. The SMILES string of the molecule is COc1ccc(CN2CCN(c3ccc(-c4cc(-c5cnn(C)c5)cc5ncccc45)cn3)CC2)cc1. The number of pyridine rings is 2. The molecular weight excluding hydrogens is 460 g/mol. The molecule has 0 radical (unpaired) electrons. The van der Waals surface area contributed by atoms with Crippen LogP contribution < -0.4 is 9.64 Å². The lowest BCUT2D eigenvalue weighted by atomic mass is 9.97. The Labute approximate surface area is 217 Å². The molecule has 0 unspecified atom stereocenters. The van der Waals surface area contributed by atoms with E-state index in [4.69, 9.17) is 9.72 Å². The van der Waals surface area contributed by atoms with Crippen molar-refractivity contribution in [3.63, 3.8) is 0 Å². The third-order valence-electron chi connectivity index (χ3n) is 7.08. The molecule has 6 rings (SSSR count). The molecule has 0 amide bonds. The lowest BCUT2D eigenvalue weighted by molar-refractivity contribution is 0.249. The number of rotatable bonds is 6. The molecule has 7 heteroatoms. The summed E-state index contributed by atoms with van der Waals surface area (Å²) in [6, 6.07) is 21.1. The van der Waals surface area contributed by atoms with E-state index in [1.165, 1.54) is 5.56 Å². The number of methoxy groups -OCH3 is 1. The summed E-state index contributed by atoms with van der Waals surface area (Å²) in [5, 5.41) is 5.47. The fourth-order valence-electron chi connectivity index (χ4n) is 5.01. The largest absolute Gasteiger partial charge is 0.497 e. The molecule has 0 N–H and O–H groups in total. The number of piperazine rings is 1. The highest BCUT2D eigenvalue weighted by atomic mass is 16.5. The number of aromatic nitrogens is 4. The maximum atomic E-state index is 5.27. The molecule has 7 nitrogen and oxygen atoms in total. The number of benzene rings is 2. The van der Waals surface area contributed by atoms with Gasteiger partial charge in [0.1, 0.15) is 11.6 Å². The van der Waals surface area contributed by atoms with Crippen LogP contribution in [0.15, 0.2) is 85.5 Å². The molecule has 0 spiro atoms. The number of ether oxygens (including phenoxy) is 1. The molecule has 1 aliphatic heterocycles. The number of fused-ring (bicyclic) bond motifs is 1. The fourth-order valence-corrected chi connectivity index (χ4v) is 5.01. The van der Waals surface area contributed by atoms with Gasteiger partial charge in [-0.1, -0.05) is 18.2 Å². The molecule has 5 aromatic rings. The second-order valence-corrected chi connectivity index (χ2v) is 9.51. The van der Waals surface area contributed by atoms with Gasteiger partial charge >= 0.3 is 0 Å². The zero-order valence-corrected chi connectivity index (χ0v) is 21.2. The molecule has 3 aromatic heterocycles. The molecule has 1 fully saturated rings. The minimum atomic E-state index is 0.899. The normalized spacial score (nSPS) is 14.3. The van der Waals surface area contributed by atoms with Gasteiger partial charge in [0.2, 0.25) is 0 Å². The maximum Gasteiger partial charge on any atom is 0.128 e. The van der Waals surface area contributed by atoms with Crippen molar-refractivity contribution in [1.82, 2.24) is 24.6 Å². The predicted octanol–water partition coefficient (Wildman–Crippen LogP) is 5.03. The Morgan fingerprint density at radius 3 is 2.38 bits per heavy atom. The van der Waals surface area contributed by atoms with E-state index in [0.29, 0.717) is 0 Å². The van der Waals surface area contributed by atoms with Gasteiger partial charge < -0.3 is 9.64 Å². The minimum Gasteiger partial charge on any atom is -0.497 e. The number of anilines is 1. The van der Waals surface area contributed by atoms with Crippen molar-refractivity contribution in [1.29, 1.82) is 0 Å². The predicted molar refractivity (Wildman–Crippen MR) is 148 cm³/mol. The Bertz CT molecular complexity index is 1500. The number of aryl methyl sites for hydroxylation is 1. The molecule has 37 heavy (non-hydrogen) atoms. The van der Waals surface area contributed by atoms with Crippen LogP contribution in [0.3, 0.4) is 0 Å². The van der Waals surface area contributed by atoms with Crippen molar-refractivity contribution >= 4 is 16.7 Å². The van der Waals surface area contributed by atoms with Gasteiger partial charge in [-0.05, 0) is 59.2 Å². The van der Waals surface area contributed by atoms with Crippen LogP contribution >= 0.6 is 0 Å². The van der Waals surface area contributed by atoms with Crippen molar-refractivity contribution in [3.8, 4) is 28.0 Å². The molecule has 186 valence electrons. The van der Waals surface area contributed by atoms with Gasteiger partial charge in [-0.2, -0.15) is 5.10 Å². The molecule has 0 aliphatic carbocycles. The van der Waals surface area contributed by atoms with E-state index in [9.17, 15) is 0 Å². The molecule has 4 heterocycles. The van der Waals surface area contributed by atoms with E-state index in [0.717, 1.165) is 77.4 Å². The van der Waals surface area contributed by atoms with Gasteiger partial charge in [0.05, 0.1) is 18.8 Å². The molecule has 2 aromatic carbocycles. The molecule has 0 bridgehead atoms. The summed E-state index contributed by atoms with van der Waals surface area (Å²) in [7, 11) is 3.64. The monoisotopic (exact) mass is 490 g/mol. The zero-order chi connectivity index (χ0) is 25.2. The summed E-state index contributed by atoms with van der Waals surface area (Å²) in [4.78, 5) is 14.4. The van der Waals surface area contributed by atoms with Crippen molar-refractivity contribution in [2.45, 2.75) is 6.54 Å². The second-order valence-electron chi connectivity index (χ2n) is 9.51. The third kappa shape index (κ3) is 4.90. The quantitative estimate of drug-likeness (QED) is 0.333. The topological polar surface area (TPSA) is 59.3 Å². The van der Waals surface area contributed by atoms with Crippen LogP contribution in [0, 0.1) is 0 Å². The highest BCUT2D eigenvalue weighted by Gasteiger charge is 2.19. The Kier molecular flexibility index (Phi) is 6.28. The van der Waals surface area contributed by atoms with E-state index in [-0.39, 0.29) is 0 Å². The van der Waals surface area contributed by atoms with Gasteiger partial charge in [0.25, 0.3) is 0 Å². The van der Waals surface area contributed by atoms with Crippen LogP contribution in [0.2, 0.25) is 0 Å². The molecule has 1 saturated heterocycles. The Morgan fingerprint density at radius 2 is 1.68 bits per heavy atom. The lowest BCUT2D eigenvalue weighted by Gasteiger charge is -2.35. The van der Waals surface area contributed by atoms with Crippen LogP contribution in [0.5, 0.6) is 5.75 Å². The first-order chi connectivity index (χ1) is 18.2. The van der Waals surface area contributed by atoms with Crippen molar-refractivity contribution < 1.29 is 4.74 Å². The van der Waals surface area contributed by atoms with Crippen LogP contribution in [0.25, 0.3) is 33.2 Å².